The molecule has 14 unspecified atom stereocenters. The highest BCUT2D eigenvalue weighted by molar-refractivity contribution is 5.01. The van der Waals surface area contributed by atoms with Gasteiger partial charge in [-0.1, -0.05) is 250 Å². The summed E-state index contributed by atoms with van der Waals surface area (Å²) in [4.78, 5) is 0. The predicted octanol–water partition coefficient (Wildman–Crippen LogP) is 28.3. The van der Waals surface area contributed by atoms with Crippen molar-refractivity contribution in [2.24, 2.45) is 138 Å². The molecule has 0 aromatic heterocycles. The van der Waals surface area contributed by atoms with Crippen LogP contribution in [0, 0.1) is 138 Å². The Kier molecular flexibility index (Phi) is 28.5. The van der Waals surface area contributed by atoms with Crippen LogP contribution < -0.4 is 0 Å². The lowest BCUT2D eigenvalue weighted by Crippen LogP contribution is -2.37. The van der Waals surface area contributed by atoms with E-state index in [0.717, 1.165) is 100 Å². The molecular weight excluding hydrogens is 1010 g/mol. The molecule has 14 atom stereocenters. The largest absolute Gasteiger partial charge is 0.0651 e. The molecule has 0 amide bonds. The zero-order valence-electron chi connectivity index (χ0n) is 62.7. The fourth-order valence-electron chi connectivity index (χ4n) is 22.8. The Morgan fingerprint density at radius 1 is 0.345 bits per heavy atom. The van der Waals surface area contributed by atoms with E-state index < -0.39 is 0 Å². The lowest BCUT2D eigenvalue weighted by molar-refractivity contribution is 0.0470. The van der Waals surface area contributed by atoms with Crippen LogP contribution in [0.15, 0.2) is 0 Å². The SMILES string of the molecule is CC(C)(C)C1CCC(C)(C2CCCC2)C1.CC(C)(C)C1CCCC1(C)C1CCCC1.CC(C)C1CCC(C)(C2CCCC2)C1.CC(C)C1CCCC1(C)C1CCCC1.CCC(C)C1CCC(C)(C(C)C)C1.CCC(C)C1CCCC1(C)C(C)C. The summed E-state index contributed by atoms with van der Waals surface area (Å²) >= 11 is 0. The normalized spacial score (nSPS) is 38.6. The van der Waals surface area contributed by atoms with Gasteiger partial charge in [0, 0.05) is 0 Å². The Morgan fingerprint density at radius 2 is 0.774 bits per heavy atom. The van der Waals surface area contributed by atoms with Crippen molar-refractivity contribution in [2.45, 2.75) is 397 Å². The van der Waals surface area contributed by atoms with Crippen molar-refractivity contribution in [3.05, 3.63) is 0 Å². The Morgan fingerprint density at radius 3 is 1.19 bits per heavy atom. The lowest BCUT2D eigenvalue weighted by Gasteiger charge is -2.44. The van der Waals surface area contributed by atoms with Crippen molar-refractivity contribution in [3.63, 3.8) is 0 Å². The minimum absolute atomic E-state index is 0.522. The van der Waals surface area contributed by atoms with Crippen LogP contribution in [0.3, 0.4) is 0 Å². The molecule has 10 aliphatic carbocycles. The van der Waals surface area contributed by atoms with Gasteiger partial charge in [0.2, 0.25) is 0 Å². The van der Waals surface area contributed by atoms with Gasteiger partial charge in [0.25, 0.3) is 0 Å². The number of hydrogen-bond donors (Lipinski definition) is 0. The molecule has 10 aliphatic rings. The zero-order chi connectivity index (χ0) is 62.7. The molecule has 0 heteroatoms. The van der Waals surface area contributed by atoms with Crippen LogP contribution in [0.1, 0.15) is 397 Å². The lowest BCUT2D eigenvalue weighted by atomic mass is 9.61. The van der Waals surface area contributed by atoms with E-state index in [2.05, 4.69) is 166 Å². The Bertz CT molecular complexity index is 1810. The van der Waals surface area contributed by atoms with E-state index in [9.17, 15) is 0 Å². The maximum Gasteiger partial charge on any atom is -0.0264 e. The minimum atomic E-state index is 0.522. The molecule has 0 N–H and O–H groups in total. The molecule has 0 aromatic rings. The topological polar surface area (TPSA) is 0 Å². The van der Waals surface area contributed by atoms with Gasteiger partial charge in [-0.2, -0.15) is 0 Å². The van der Waals surface area contributed by atoms with Gasteiger partial charge >= 0.3 is 0 Å². The first kappa shape index (κ1) is 74.7. The molecular formula is C84H160. The Balaban J connectivity index is 0.000000185. The second-order valence-corrected chi connectivity index (χ2v) is 38.6. The third kappa shape index (κ3) is 19.1. The summed E-state index contributed by atoms with van der Waals surface area (Å²) in [7, 11) is 0. The Hall–Kier alpha value is 0. The molecule has 0 nitrogen and oxygen atoms in total. The highest BCUT2D eigenvalue weighted by atomic mass is 14.6. The summed E-state index contributed by atoms with van der Waals surface area (Å²) < 4.78 is 0. The molecule has 496 valence electrons. The predicted molar refractivity (Wildman–Crippen MR) is 378 cm³/mol. The van der Waals surface area contributed by atoms with E-state index in [1.807, 2.05) is 0 Å². The summed E-state index contributed by atoms with van der Waals surface area (Å²) in [5, 5.41) is 0. The van der Waals surface area contributed by atoms with Gasteiger partial charge < -0.3 is 0 Å². The standard InChI is InChI=1S/2C15H28.2C14H26.2C13H26/c1-14(2,3)13-10-7-11-15(13,4)12-8-5-6-9-12;1-14(2,3)13-9-10-15(4,11-13)12-7-5-6-8-12;1-11(2)13-9-6-10-14(13,3)12-7-4-5-8-12;1-11(2)12-8-9-14(3,10-12)13-6-4-5-7-13;1-6-11(4)12-7-8-13(5,9-12)10(2)3;1-6-11(4)12-8-7-9-13(12,5)10(2)3/h2*12-13H,5-11H2,1-4H3;2*11-13H,4-10H2,1-3H3;2*10-12H,6-9H2,1-5H3. The third-order valence-electron chi connectivity index (χ3n) is 30.3. The van der Waals surface area contributed by atoms with Crippen LogP contribution in [0.4, 0.5) is 0 Å². The monoisotopic (exact) mass is 1170 g/mol. The minimum Gasteiger partial charge on any atom is -0.0651 e. The van der Waals surface area contributed by atoms with Gasteiger partial charge in [0.15, 0.2) is 0 Å². The molecule has 0 heterocycles. The van der Waals surface area contributed by atoms with E-state index in [1.165, 1.54) is 231 Å². The molecule has 10 fully saturated rings. The van der Waals surface area contributed by atoms with Gasteiger partial charge in [-0.3, -0.25) is 0 Å². The molecule has 0 bridgehead atoms. The van der Waals surface area contributed by atoms with Gasteiger partial charge in [-0.15, -0.1) is 0 Å². The number of rotatable bonds is 12. The van der Waals surface area contributed by atoms with E-state index in [4.69, 9.17) is 0 Å². The molecule has 0 spiro atoms. The van der Waals surface area contributed by atoms with Gasteiger partial charge in [0.1, 0.15) is 0 Å². The average Bonchev–Trinajstić information content (AvgIpc) is 3.53. The molecule has 10 rings (SSSR count). The quantitative estimate of drug-likeness (QED) is 0.183. The van der Waals surface area contributed by atoms with Crippen LogP contribution in [0.25, 0.3) is 0 Å². The first-order valence-corrected chi connectivity index (χ1v) is 39.1. The highest BCUT2D eigenvalue weighted by Gasteiger charge is 2.51. The average molecular weight is 1170 g/mol. The second kappa shape index (κ2) is 32.0. The van der Waals surface area contributed by atoms with Crippen LogP contribution in [-0.2, 0) is 0 Å². The van der Waals surface area contributed by atoms with Crippen LogP contribution in [-0.4, -0.2) is 0 Å². The van der Waals surface area contributed by atoms with E-state index in [-0.39, 0.29) is 0 Å². The maximum atomic E-state index is 2.60. The smallest absolute Gasteiger partial charge is 0.0264 e. The van der Waals surface area contributed by atoms with Gasteiger partial charge in [-0.25, -0.2) is 0 Å². The highest BCUT2D eigenvalue weighted by Crippen LogP contribution is 2.61. The maximum absolute atomic E-state index is 2.60. The molecule has 0 aliphatic heterocycles. The van der Waals surface area contributed by atoms with Crippen molar-refractivity contribution in [1.29, 1.82) is 0 Å². The van der Waals surface area contributed by atoms with Crippen molar-refractivity contribution >= 4 is 0 Å². The Labute approximate surface area is 532 Å². The summed E-state index contributed by atoms with van der Waals surface area (Å²) in [5.41, 5.74) is 5.16. The van der Waals surface area contributed by atoms with Crippen LogP contribution in [0.5, 0.6) is 0 Å². The van der Waals surface area contributed by atoms with E-state index >= 15 is 0 Å². The summed E-state index contributed by atoms with van der Waals surface area (Å²) in [5.74, 6) is 15.6. The third-order valence-corrected chi connectivity index (χ3v) is 30.3. The zero-order valence-corrected chi connectivity index (χ0v) is 62.7. The first-order valence-electron chi connectivity index (χ1n) is 39.1. The van der Waals surface area contributed by atoms with Crippen molar-refractivity contribution in [1.82, 2.24) is 0 Å². The summed E-state index contributed by atoms with van der Waals surface area (Å²) in [6.45, 7) is 58.8. The molecule has 0 aromatic carbocycles. The van der Waals surface area contributed by atoms with Crippen molar-refractivity contribution in [2.75, 3.05) is 0 Å². The fourth-order valence-corrected chi connectivity index (χ4v) is 22.8. The number of hydrogen-bond acceptors (Lipinski definition) is 0. The fraction of sp³-hybridized carbons (Fsp3) is 1.00. The van der Waals surface area contributed by atoms with Crippen LogP contribution >= 0.6 is 0 Å². The molecule has 0 radical (unpaired) electrons. The van der Waals surface area contributed by atoms with Gasteiger partial charge in [-0.05, 0) is 286 Å². The first-order chi connectivity index (χ1) is 39.1. The van der Waals surface area contributed by atoms with Crippen LogP contribution in [0.2, 0.25) is 0 Å². The van der Waals surface area contributed by atoms with Crippen molar-refractivity contribution in [3.8, 4) is 0 Å². The summed E-state index contributed by atoms with van der Waals surface area (Å²) in [6.07, 6.45) is 53.7. The van der Waals surface area contributed by atoms with E-state index in [0.29, 0.717) is 37.9 Å². The molecule has 84 heavy (non-hydrogen) atoms. The second-order valence-electron chi connectivity index (χ2n) is 38.6. The van der Waals surface area contributed by atoms with E-state index in [1.54, 1.807) is 0 Å². The molecule has 10 saturated carbocycles. The van der Waals surface area contributed by atoms with Crippen molar-refractivity contribution < 1.29 is 0 Å². The summed E-state index contributed by atoms with van der Waals surface area (Å²) in [6, 6.07) is 0. The van der Waals surface area contributed by atoms with Gasteiger partial charge in [0.05, 0.1) is 0 Å². The molecule has 0 saturated heterocycles.